The highest BCUT2D eigenvalue weighted by molar-refractivity contribution is 5.95. The lowest BCUT2D eigenvalue weighted by Crippen LogP contribution is -2.26. The van der Waals surface area contributed by atoms with Crippen molar-refractivity contribution < 1.29 is 0 Å². The van der Waals surface area contributed by atoms with E-state index in [1.54, 1.807) is 0 Å². The highest BCUT2D eigenvalue weighted by atomic mass is 14.8. The number of hydrogen-bond donors (Lipinski definition) is 0. The van der Waals surface area contributed by atoms with Crippen LogP contribution in [-0.2, 0) is 0 Å². The molecule has 114 valence electrons. The molecule has 1 saturated carbocycles. The Hall–Kier alpha value is -1.11. The van der Waals surface area contributed by atoms with Gasteiger partial charge in [-0.1, -0.05) is 44.2 Å². The molecular weight excluding hydrogens is 254 g/mol. The van der Waals surface area contributed by atoms with Gasteiger partial charge in [0.05, 0.1) is 6.04 Å². The van der Waals surface area contributed by atoms with Crippen LogP contribution in [0.5, 0.6) is 0 Å². The second-order valence-corrected chi connectivity index (χ2v) is 7.38. The Labute approximate surface area is 129 Å². The van der Waals surface area contributed by atoms with Gasteiger partial charge in [0, 0.05) is 5.71 Å². The van der Waals surface area contributed by atoms with Gasteiger partial charge in [0.1, 0.15) is 0 Å². The molecule has 1 heterocycles. The van der Waals surface area contributed by atoms with Crippen LogP contribution in [0, 0.1) is 23.7 Å². The zero-order chi connectivity index (χ0) is 14.8. The van der Waals surface area contributed by atoms with Crippen LogP contribution in [0.2, 0.25) is 0 Å². The molecule has 1 fully saturated rings. The predicted octanol–water partition coefficient (Wildman–Crippen LogP) is 5.35. The van der Waals surface area contributed by atoms with Gasteiger partial charge in [-0.05, 0) is 68.3 Å². The lowest BCUT2D eigenvalue weighted by Gasteiger charge is -2.31. The van der Waals surface area contributed by atoms with E-state index in [2.05, 4.69) is 44.7 Å². The van der Waals surface area contributed by atoms with Gasteiger partial charge in [-0.25, -0.2) is 0 Å². The Balaban J connectivity index is 1.58. The molecule has 1 aliphatic heterocycles. The number of nitrogens with zero attached hydrogens (tertiary/aromatic N) is 1. The summed E-state index contributed by atoms with van der Waals surface area (Å²) in [5.74, 6) is 2.99. The Morgan fingerprint density at radius 2 is 2.10 bits per heavy atom. The number of allylic oxidation sites excluding steroid dienone is 3. The molecule has 0 radical (unpaired) electrons. The summed E-state index contributed by atoms with van der Waals surface area (Å²) in [5.41, 5.74) is 2.75. The fourth-order valence-electron chi connectivity index (χ4n) is 3.57. The molecule has 0 amide bonds. The average molecular weight is 283 g/mol. The topological polar surface area (TPSA) is 12.4 Å². The van der Waals surface area contributed by atoms with Crippen LogP contribution in [0.25, 0.3) is 0 Å². The molecule has 0 bridgehead atoms. The van der Waals surface area contributed by atoms with E-state index in [9.17, 15) is 0 Å². The molecule has 3 aliphatic rings. The van der Waals surface area contributed by atoms with E-state index in [0.717, 1.165) is 37.0 Å². The summed E-state index contributed by atoms with van der Waals surface area (Å²) in [4.78, 5) is 5.05. The van der Waals surface area contributed by atoms with Crippen LogP contribution in [0.1, 0.15) is 52.4 Å². The smallest absolute Gasteiger partial charge is 0.0599 e. The minimum Gasteiger partial charge on any atom is -0.286 e. The minimum atomic E-state index is 0.477. The molecular formula is C20H29N. The van der Waals surface area contributed by atoms with Crippen LogP contribution in [-0.4, -0.2) is 11.8 Å². The Kier molecular flexibility index (Phi) is 4.47. The quantitative estimate of drug-likeness (QED) is 0.603. The van der Waals surface area contributed by atoms with Crippen LogP contribution < -0.4 is 0 Å². The first-order chi connectivity index (χ1) is 10.1. The van der Waals surface area contributed by atoms with Gasteiger partial charge in [0.15, 0.2) is 0 Å². The summed E-state index contributed by atoms with van der Waals surface area (Å²) >= 11 is 0. The van der Waals surface area contributed by atoms with E-state index in [4.69, 9.17) is 4.99 Å². The third-order valence-corrected chi connectivity index (χ3v) is 5.57. The van der Waals surface area contributed by atoms with Gasteiger partial charge < -0.3 is 0 Å². The fourth-order valence-corrected chi connectivity index (χ4v) is 3.57. The first kappa shape index (κ1) is 14.8. The van der Waals surface area contributed by atoms with E-state index >= 15 is 0 Å². The average Bonchev–Trinajstić information content (AvgIpc) is 3.33. The third kappa shape index (κ3) is 3.75. The van der Waals surface area contributed by atoms with E-state index in [1.165, 1.54) is 30.5 Å². The fraction of sp³-hybridized carbons (Fsp3) is 0.650. The molecule has 0 aromatic carbocycles. The lowest BCUT2D eigenvalue weighted by molar-refractivity contribution is 0.319. The minimum absolute atomic E-state index is 0.477. The largest absolute Gasteiger partial charge is 0.286 e. The predicted molar refractivity (Wildman–Crippen MR) is 91.7 cm³/mol. The molecule has 0 aromatic heterocycles. The molecule has 0 saturated heterocycles. The van der Waals surface area contributed by atoms with E-state index in [1.807, 2.05) is 0 Å². The van der Waals surface area contributed by atoms with Gasteiger partial charge in [-0.2, -0.15) is 0 Å². The van der Waals surface area contributed by atoms with Crippen molar-refractivity contribution in [3.8, 4) is 0 Å². The summed E-state index contributed by atoms with van der Waals surface area (Å²) in [7, 11) is 0. The summed E-state index contributed by atoms with van der Waals surface area (Å²) in [6.07, 6.45) is 16.8. The standard InChI is InChI=1S/C20H29N/c1-14-7-9-18(13-16(14)3)20-6-4-5-19(21-20)12-8-15(2)17-10-11-17/h4-5,7,9,14,16-18,20H,2,6,8,10-13H2,1,3H3/t14-,16?,18?,20?/m0/s1. The van der Waals surface area contributed by atoms with E-state index < -0.39 is 0 Å². The van der Waals surface area contributed by atoms with Crippen LogP contribution in [0.3, 0.4) is 0 Å². The van der Waals surface area contributed by atoms with Crippen molar-refractivity contribution >= 4 is 5.71 Å². The van der Waals surface area contributed by atoms with Crippen molar-refractivity contribution in [2.75, 3.05) is 0 Å². The van der Waals surface area contributed by atoms with Crippen LogP contribution >= 0.6 is 0 Å². The van der Waals surface area contributed by atoms with Crippen molar-refractivity contribution in [2.45, 2.75) is 58.4 Å². The second-order valence-electron chi connectivity index (χ2n) is 7.38. The SMILES string of the molecule is C=C(CCC1=NC(C2C=C[C@H](C)C(C)C2)CC=C1)C1CC1. The van der Waals surface area contributed by atoms with E-state index in [-0.39, 0.29) is 0 Å². The number of rotatable bonds is 5. The van der Waals surface area contributed by atoms with Gasteiger partial charge in [0.2, 0.25) is 0 Å². The van der Waals surface area contributed by atoms with Crippen molar-refractivity contribution in [1.82, 2.24) is 0 Å². The highest BCUT2D eigenvalue weighted by Crippen LogP contribution is 2.38. The van der Waals surface area contributed by atoms with Gasteiger partial charge in [0.25, 0.3) is 0 Å². The molecule has 3 rings (SSSR count). The zero-order valence-corrected chi connectivity index (χ0v) is 13.6. The Morgan fingerprint density at radius 3 is 2.81 bits per heavy atom. The Morgan fingerprint density at radius 1 is 1.29 bits per heavy atom. The number of aliphatic imine (C=N–C) groups is 1. The first-order valence-corrected chi connectivity index (χ1v) is 8.72. The molecule has 0 spiro atoms. The first-order valence-electron chi connectivity index (χ1n) is 8.72. The summed E-state index contributed by atoms with van der Waals surface area (Å²) in [5, 5.41) is 0. The molecule has 1 nitrogen and oxygen atoms in total. The molecule has 3 unspecified atom stereocenters. The summed E-state index contributed by atoms with van der Waals surface area (Å²) in [6, 6.07) is 0.477. The highest BCUT2D eigenvalue weighted by Gasteiger charge is 2.27. The molecule has 0 aromatic rings. The van der Waals surface area contributed by atoms with Gasteiger partial charge in [-0.15, -0.1) is 0 Å². The maximum atomic E-state index is 5.05. The van der Waals surface area contributed by atoms with Gasteiger partial charge in [-0.3, -0.25) is 4.99 Å². The second kappa shape index (κ2) is 6.34. The van der Waals surface area contributed by atoms with Crippen molar-refractivity contribution in [1.29, 1.82) is 0 Å². The van der Waals surface area contributed by atoms with Crippen molar-refractivity contribution in [3.63, 3.8) is 0 Å². The molecule has 21 heavy (non-hydrogen) atoms. The molecule has 4 atom stereocenters. The van der Waals surface area contributed by atoms with Crippen LogP contribution in [0.15, 0.2) is 41.4 Å². The Bertz CT molecular complexity index is 478. The molecule has 0 N–H and O–H groups in total. The normalized spacial score (nSPS) is 35.6. The van der Waals surface area contributed by atoms with Crippen molar-refractivity contribution in [2.24, 2.45) is 28.7 Å². The van der Waals surface area contributed by atoms with E-state index in [0.29, 0.717) is 12.0 Å². The zero-order valence-electron chi connectivity index (χ0n) is 13.6. The third-order valence-electron chi connectivity index (χ3n) is 5.57. The lowest BCUT2D eigenvalue weighted by atomic mass is 9.77. The maximum absolute atomic E-state index is 5.05. The summed E-state index contributed by atoms with van der Waals surface area (Å²) < 4.78 is 0. The van der Waals surface area contributed by atoms with Crippen molar-refractivity contribution in [3.05, 3.63) is 36.5 Å². The maximum Gasteiger partial charge on any atom is 0.0599 e. The molecule has 1 heteroatoms. The monoisotopic (exact) mass is 283 g/mol. The molecule has 2 aliphatic carbocycles. The number of dihydropyridines is 1. The summed E-state index contributed by atoms with van der Waals surface area (Å²) in [6.45, 7) is 8.95. The van der Waals surface area contributed by atoms with Crippen LogP contribution in [0.4, 0.5) is 0 Å². The number of hydrogen-bond acceptors (Lipinski definition) is 1. The van der Waals surface area contributed by atoms with Gasteiger partial charge >= 0.3 is 0 Å².